The number of para-hydroxylation sites is 1. The van der Waals surface area contributed by atoms with Gasteiger partial charge in [-0.2, -0.15) is 0 Å². The van der Waals surface area contributed by atoms with Crippen molar-refractivity contribution in [3.8, 4) is 0 Å². The molecule has 3 aromatic rings. The van der Waals surface area contributed by atoms with Gasteiger partial charge in [-0.3, -0.25) is 15.0 Å². The largest absolute Gasteiger partial charge is 0.360 e. The van der Waals surface area contributed by atoms with Crippen LogP contribution in [-0.2, 0) is 4.79 Å². The monoisotopic (exact) mass is 456 g/mol. The summed E-state index contributed by atoms with van der Waals surface area (Å²) in [4.78, 5) is 38.0. The number of aromatic nitrogens is 3. The van der Waals surface area contributed by atoms with Gasteiger partial charge in [0.1, 0.15) is 12.0 Å². The van der Waals surface area contributed by atoms with E-state index in [9.17, 15) is 9.59 Å². The third-order valence-corrected chi connectivity index (χ3v) is 5.10. The normalized spacial score (nSPS) is 13.0. The number of hydrogen-bond acceptors (Lipinski definition) is 8. The van der Waals surface area contributed by atoms with Crippen molar-refractivity contribution in [3.63, 3.8) is 0 Å². The molecular formula is C24H24N8O2. The van der Waals surface area contributed by atoms with Crippen LogP contribution in [0, 0.1) is 5.41 Å². The minimum absolute atomic E-state index is 0.000762. The summed E-state index contributed by atoms with van der Waals surface area (Å²) in [5.41, 5.74) is 2.36. The molecule has 172 valence electrons. The molecule has 2 heterocycles. The summed E-state index contributed by atoms with van der Waals surface area (Å²) in [6.45, 7) is 0. The topological polar surface area (TPSA) is 145 Å². The van der Waals surface area contributed by atoms with Crippen LogP contribution in [0.1, 0.15) is 34.9 Å². The van der Waals surface area contributed by atoms with Gasteiger partial charge in [-0.1, -0.05) is 18.2 Å². The fourth-order valence-corrected chi connectivity index (χ4v) is 3.16. The van der Waals surface area contributed by atoms with E-state index in [-0.39, 0.29) is 11.4 Å². The quantitative estimate of drug-likeness (QED) is 0.311. The molecule has 0 atom stereocenters. The zero-order valence-corrected chi connectivity index (χ0v) is 18.5. The first-order valence-corrected chi connectivity index (χ1v) is 10.7. The number of amides is 2. The SMILES string of the molecule is CNC(=O)C(=N)/C(=C\Nc1ccccc1)NC(=O)c1nc(C2CC2)ccc1Nc1cncnc1. The van der Waals surface area contributed by atoms with Gasteiger partial charge in [-0.15, -0.1) is 0 Å². The Hall–Kier alpha value is -4.60. The van der Waals surface area contributed by atoms with Gasteiger partial charge in [0.25, 0.3) is 11.8 Å². The number of nitrogens with one attached hydrogen (secondary N) is 5. The van der Waals surface area contributed by atoms with E-state index in [1.807, 2.05) is 36.4 Å². The molecule has 0 radical (unpaired) electrons. The Morgan fingerprint density at radius 1 is 1.03 bits per heavy atom. The molecule has 2 aromatic heterocycles. The molecule has 10 heteroatoms. The molecule has 0 spiro atoms. The van der Waals surface area contributed by atoms with E-state index in [4.69, 9.17) is 5.41 Å². The van der Waals surface area contributed by atoms with E-state index in [1.54, 1.807) is 18.5 Å². The standard InChI is InChI=1S/C24H24N8O2/c1-26-23(33)21(25)20(13-29-16-5-3-2-4-6-16)32-24(34)22-19(30-17-11-27-14-28-12-17)10-9-18(31-22)15-7-8-15/h2-6,9-15,25,29-30H,7-8H2,1H3,(H,26,33)(H,32,34)/b20-13+,25-21?. The van der Waals surface area contributed by atoms with E-state index in [0.717, 1.165) is 24.2 Å². The van der Waals surface area contributed by atoms with Gasteiger partial charge in [-0.25, -0.2) is 15.0 Å². The van der Waals surface area contributed by atoms with Crippen molar-refractivity contribution in [1.82, 2.24) is 25.6 Å². The minimum Gasteiger partial charge on any atom is -0.360 e. The third-order valence-electron chi connectivity index (χ3n) is 5.10. The van der Waals surface area contributed by atoms with Crippen LogP contribution in [0.2, 0.25) is 0 Å². The van der Waals surface area contributed by atoms with E-state index < -0.39 is 17.5 Å². The number of carbonyl (C=O) groups is 2. The lowest BCUT2D eigenvalue weighted by molar-refractivity contribution is -0.114. The van der Waals surface area contributed by atoms with Crippen molar-refractivity contribution in [3.05, 3.63) is 84.5 Å². The molecule has 1 aromatic carbocycles. The number of benzene rings is 1. The highest BCUT2D eigenvalue weighted by molar-refractivity contribution is 6.44. The highest BCUT2D eigenvalue weighted by atomic mass is 16.2. The molecule has 2 amide bonds. The average Bonchev–Trinajstić information content (AvgIpc) is 3.72. The summed E-state index contributed by atoms with van der Waals surface area (Å²) in [6, 6.07) is 12.9. The van der Waals surface area contributed by atoms with E-state index >= 15 is 0 Å². The summed E-state index contributed by atoms with van der Waals surface area (Å²) in [5.74, 6) is -0.864. The Labute approximate surface area is 196 Å². The Morgan fingerprint density at radius 2 is 1.76 bits per heavy atom. The van der Waals surface area contributed by atoms with Crippen molar-refractivity contribution >= 4 is 34.6 Å². The van der Waals surface area contributed by atoms with Crippen LogP contribution in [0.5, 0.6) is 0 Å². The van der Waals surface area contributed by atoms with Crippen LogP contribution in [0.15, 0.2) is 73.1 Å². The van der Waals surface area contributed by atoms with Crippen LogP contribution < -0.4 is 21.3 Å². The third kappa shape index (κ3) is 5.60. The van der Waals surface area contributed by atoms with Gasteiger partial charge in [-0.05, 0) is 37.1 Å². The van der Waals surface area contributed by atoms with Gasteiger partial charge in [0.15, 0.2) is 5.69 Å². The van der Waals surface area contributed by atoms with Gasteiger partial charge in [0.2, 0.25) is 0 Å². The maximum absolute atomic E-state index is 13.3. The van der Waals surface area contributed by atoms with Crippen molar-refractivity contribution in [2.75, 3.05) is 17.7 Å². The van der Waals surface area contributed by atoms with E-state index in [0.29, 0.717) is 17.3 Å². The molecule has 1 aliphatic carbocycles. The molecule has 0 saturated heterocycles. The predicted molar refractivity (Wildman–Crippen MR) is 129 cm³/mol. The summed E-state index contributed by atoms with van der Waals surface area (Å²) >= 11 is 0. The van der Waals surface area contributed by atoms with Crippen LogP contribution in [0.3, 0.4) is 0 Å². The van der Waals surface area contributed by atoms with Gasteiger partial charge < -0.3 is 21.3 Å². The molecule has 0 aliphatic heterocycles. The molecule has 34 heavy (non-hydrogen) atoms. The van der Waals surface area contributed by atoms with Crippen LogP contribution in [0.25, 0.3) is 0 Å². The minimum atomic E-state index is -0.638. The molecule has 1 fully saturated rings. The Balaban J connectivity index is 1.63. The lowest BCUT2D eigenvalue weighted by atomic mass is 10.2. The first-order valence-electron chi connectivity index (χ1n) is 10.7. The number of hydrogen-bond donors (Lipinski definition) is 5. The Kier molecular flexibility index (Phi) is 6.87. The molecule has 0 bridgehead atoms. The van der Waals surface area contributed by atoms with Crippen LogP contribution in [-0.4, -0.2) is 39.5 Å². The lowest BCUT2D eigenvalue weighted by Crippen LogP contribution is -2.36. The molecule has 1 aliphatic rings. The summed E-state index contributed by atoms with van der Waals surface area (Å²) in [5, 5.41) is 19.4. The number of rotatable bonds is 9. The molecule has 1 saturated carbocycles. The molecule has 5 N–H and O–H groups in total. The Morgan fingerprint density at radius 3 is 2.44 bits per heavy atom. The molecule has 4 rings (SSSR count). The number of pyridine rings is 1. The predicted octanol–water partition coefficient (Wildman–Crippen LogP) is 2.94. The molecular weight excluding hydrogens is 432 g/mol. The first kappa shape index (κ1) is 22.6. The smallest absolute Gasteiger partial charge is 0.276 e. The maximum atomic E-state index is 13.3. The highest BCUT2D eigenvalue weighted by Gasteiger charge is 2.27. The van der Waals surface area contributed by atoms with Crippen molar-refractivity contribution < 1.29 is 9.59 Å². The van der Waals surface area contributed by atoms with Crippen molar-refractivity contribution in [1.29, 1.82) is 5.41 Å². The first-order chi connectivity index (χ1) is 16.5. The van der Waals surface area contributed by atoms with Crippen molar-refractivity contribution in [2.45, 2.75) is 18.8 Å². The second-order valence-corrected chi connectivity index (χ2v) is 7.64. The highest BCUT2D eigenvalue weighted by Crippen LogP contribution is 2.39. The molecule has 0 unspecified atom stereocenters. The number of nitrogens with zero attached hydrogens (tertiary/aromatic N) is 3. The lowest BCUT2D eigenvalue weighted by Gasteiger charge is -2.15. The average molecular weight is 457 g/mol. The second-order valence-electron chi connectivity index (χ2n) is 7.64. The molecule has 10 nitrogen and oxygen atoms in total. The number of carbonyl (C=O) groups excluding carboxylic acids is 2. The summed E-state index contributed by atoms with van der Waals surface area (Å²) in [7, 11) is 1.42. The number of anilines is 3. The summed E-state index contributed by atoms with van der Waals surface area (Å²) in [6.07, 6.45) is 8.05. The van der Waals surface area contributed by atoms with Gasteiger partial charge >= 0.3 is 0 Å². The Bertz CT molecular complexity index is 1220. The fraction of sp³-hybridized carbons (Fsp3) is 0.167. The zero-order valence-electron chi connectivity index (χ0n) is 18.5. The van der Waals surface area contributed by atoms with Crippen LogP contribution in [0.4, 0.5) is 17.1 Å². The van der Waals surface area contributed by atoms with E-state index in [2.05, 4.69) is 36.2 Å². The van der Waals surface area contributed by atoms with Crippen molar-refractivity contribution in [2.24, 2.45) is 0 Å². The van der Waals surface area contributed by atoms with E-state index in [1.165, 1.54) is 19.6 Å². The zero-order chi connectivity index (χ0) is 23.9. The summed E-state index contributed by atoms with van der Waals surface area (Å²) < 4.78 is 0. The second kappa shape index (κ2) is 10.3. The maximum Gasteiger partial charge on any atom is 0.276 e. The van der Waals surface area contributed by atoms with Gasteiger partial charge in [0, 0.05) is 30.5 Å². The van der Waals surface area contributed by atoms with Gasteiger partial charge in [0.05, 0.1) is 29.5 Å². The fourth-order valence-electron chi connectivity index (χ4n) is 3.16. The van der Waals surface area contributed by atoms with Crippen LogP contribution >= 0.6 is 0 Å².